The number of hydrogen-bond acceptors (Lipinski definition) is 13. The van der Waals surface area contributed by atoms with Crippen LogP contribution in [-0.2, 0) is 52.4 Å². The molecule has 61 heavy (non-hydrogen) atoms. The quantitative estimate of drug-likeness (QED) is 0.154. The summed E-state index contributed by atoms with van der Waals surface area (Å²) >= 11 is 0. The average molecular weight is 862 g/mol. The molecule has 0 spiro atoms. The van der Waals surface area contributed by atoms with Gasteiger partial charge >= 0.3 is 11.9 Å². The third-order valence-electron chi connectivity index (χ3n) is 13.3. The number of ether oxygens (including phenoxy) is 6. The van der Waals surface area contributed by atoms with Gasteiger partial charge < -0.3 is 48.6 Å². The Balaban J connectivity index is 1.76. The Morgan fingerprint density at radius 2 is 1.62 bits per heavy atom. The van der Waals surface area contributed by atoms with Gasteiger partial charge in [-0.2, -0.15) is 0 Å². The minimum atomic E-state index is -2.53. The van der Waals surface area contributed by atoms with Crippen molar-refractivity contribution in [3.05, 3.63) is 36.0 Å². The van der Waals surface area contributed by atoms with Crippen molar-refractivity contribution < 1.29 is 67.7 Å². The number of aliphatic hydroxyl groups is 2. The molecule has 344 valence electrons. The molecule has 1 amide bonds. The summed E-state index contributed by atoms with van der Waals surface area (Å²) in [5.74, 6) is -9.14. The van der Waals surface area contributed by atoms with E-state index in [1.165, 1.54) is 21.3 Å². The highest BCUT2D eigenvalue weighted by molar-refractivity contribution is 6.39. The molecule has 15 heteroatoms. The number of aliphatic hydroxyl groups excluding tert-OH is 1. The summed E-state index contributed by atoms with van der Waals surface area (Å²) in [6, 6.07) is -1.18. The van der Waals surface area contributed by atoms with E-state index in [-0.39, 0.29) is 43.4 Å². The van der Waals surface area contributed by atoms with Gasteiger partial charge in [0.05, 0.1) is 30.5 Å². The maximum Gasteiger partial charge on any atom is 0.329 e. The van der Waals surface area contributed by atoms with Crippen LogP contribution in [0.1, 0.15) is 105 Å². The number of fused-ring (bicyclic) bond motifs is 3. The molecule has 1 unspecified atom stereocenters. The Hall–Kier alpha value is -3.31. The zero-order valence-electron chi connectivity index (χ0n) is 37.4. The number of Topliss-reactive ketones (excluding diaryl/α,β-unsaturated/α-hetero) is 2. The second-order valence-corrected chi connectivity index (χ2v) is 17.9. The molecule has 4 rings (SSSR count). The molecule has 0 aromatic rings. The van der Waals surface area contributed by atoms with Gasteiger partial charge in [0.25, 0.3) is 11.7 Å². The number of esters is 1. The maximum absolute atomic E-state index is 14.4. The molecule has 15 nitrogen and oxygen atoms in total. The lowest BCUT2D eigenvalue weighted by Gasteiger charge is -2.47. The second kappa shape index (κ2) is 22.9. The number of carboxylic acid groups (broad SMARTS) is 1. The van der Waals surface area contributed by atoms with Gasteiger partial charge in [-0.1, -0.05) is 44.6 Å². The molecule has 3 fully saturated rings. The molecular formula is C46H71NO14. The van der Waals surface area contributed by atoms with E-state index in [0.717, 1.165) is 10.5 Å². The fourth-order valence-corrected chi connectivity index (χ4v) is 9.78. The van der Waals surface area contributed by atoms with Crippen molar-refractivity contribution >= 4 is 29.4 Å². The zero-order chi connectivity index (χ0) is 45.2. The highest BCUT2D eigenvalue weighted by Gasteiger charge is 2.56. The molecule has 3 heterocycles. The third-order valence-corrected chi connectivity index (χ3v) is 13.3. The van der Waals surface area contributed by atoms with Gasteiger partial charge in [0.1, 0.15) is 30.6 Å². The van der Waals surface area contributed by atoms with Gasteiger partial charge in [0, 0.05) is 52.0 Å². The molecule has 1 aliphatic carbocycles. The number of ketones is 2. The predicted octanol–water partition coefficient (Wildman–Crippen LogP) is 4.75. The van der Waals surface area contributed by atoms with Crippen LogP contribution in [0.5, 0.6) is 0 Å². The minimum Gasteiger partial charge on any atom is -0.480 e. The van der Waals surface area contributed by atoms with Crippen molar-refractivity contribution in [3.63, 3.8) is 0 Å². The number of nitrogens with zero attached hydrogens (tertiary/aromatic N) is 1. The molecule has 3 aliphatic heterocycles. The molecule has 14 atom stereocenters. The van der Waals surface area contributed by atoms with Crippen LogP contribution in [0.3, 0.4) is 0 Å². The maximum atomic E-state index is 14.4. The Bertz CT molecular complexity index is 1610. The molecule has 1 saturated carbocycles. The van der Waals surface area contributed by atoms with Gasteiger partial charge in [-0.3, -0.25) is 14.4 Å². The van der Waals surface area contributed by atoms with Crippen LogP contribution in [0.4, 0.5) is 0 Å². The third kappa shape index (κ3) is 12.7. The smallest absolute Gasteiger partial charge is 0.329 e. The Morgan fingerprint density at radius 3 is 2.26 bits per heavy atom. The summed E-state index contributed by atoms with van der Waals surface area (Å²) < 4.78 is 35.5. The van der Waals surface area contributed by atoms with Crippen LogP contribution in [0.2, 0.25) is 0 Å². The van der Waals surface area contributed by atoms with Crippen molar-refractivity contribution in [2.45, 2.75) is 160 Å². The number of hydrogen-bond donors (Lipinski definition) is 3. The molecule has 2 bridgehead atoms. The summed E-state index contributed by atoms with van der Waals surface area (Å²) in [7, 11) is 4.57. The summed E-state index contributed by atoms with van der Waals surface area (Å²) in [6.45, 7) is 12.6. The standard InChI is InChI=1S/C46H71NO14/c1-10-13-32-19-26(2)18-27(3)20-38(57-8)42-39(58-9)22-29(5)46(55,61-42)43(52)44(53)47-17-12-11-14-33(47)45(54)60-41(30(6)34(48)24-35(32)49)28(4)21-31-15-16-36(37(23-31)56-7)59-25-40(50)51/h10,19,21,27,29-34,36-39,41-42,48,55H,1,11-18,20,22-25H2,2-9H3,(H,50,51)/b26-19?,28-21+/t27-,29+,30+,31?,32+,33-,34-,36+,37+,38-,39-,41+,42+,46+/m0/s1. The van der Waals surface area contributed by atoms with E-state index in [2.05, 4.69) is 6.58 Å². The van der Waals surface area contributed by atoms with Gasteiger partial charge in [-0.15, -0.1) is 6.58 Å². The van der Waals surface area contributed by atoms with Crippen molar-refractivity contribution in [3.8, 4) is 0 Å². The number of carbonyl (C=O) groups excluding carboxylic acids is 4. The first-order valence-corrected chi connectivity index (χ1v) is 21.9. The number of aliphatic carboxylic acids is 1. The topological polar surface area (TPSA) is 205 Å². The van der Waals surface area contributed by atoms with Crippen LogP contribution >= 0.6 is 0 Å². The zero-order valence-corrected chi connectivity index (χ0v) is 37.4. The Kier molecular flexibility index (Phi) is 18.9. The number of piperidine rings is 1. The van der Waals surface area contributed by atoms with Gasteiger partial charge in [0.15, 0.2) is 0 Å². The van der Waals surface area contributed by atoms with Crippen LogP contribution in [0, 0.1) is 29.6 Å². The fraction of sp³-hybridized carbons (Fsp3) is 0.761. The van der Waals surface area contributed by atoms with E-state index < -0.39 is 103 Å². The summed E-state index contributed by atoms with van der Waals surface area (Å²) in [6.07, 6.45) is 4.58. The molecule has 0 aromatic carbocycles. The van der Waals surface area contributed by atoms with Gasteiger partial charge in [-0.25, -0.2) is 9.59 Å². The van der Waals surface area contributed by atoms with E-state index in [9.17, 15) is 34.2 Å². The molecular weight excluding hydrogens is 790 g/mol. The van der Waals surface area contributed by atoms with Crippen LogP contribution in [0.25, 0.3) is 0 Å². The van der Waals surface area contributed by atoms with Crippen molar-refractivity contribution in [1.29, 1.82) is 0 Å². The first-order valence-electron chi connectivity index (χ1n) is 21.9. The normalized spacial score (nSPS) is 38.1. The first-order chi connectivity index (χ1) is 28.9. The van der Waals surface area contributed by atoms with Crippen molar-refractivity contribution in [2.75, 3.05) is 34.5 Å². The van der Waals surface area contributed by atoms with Crippen LogP contribution in [-0.4, -0.2) is 139 Å². The Morgan fingerprint density at radius 1 is 0.951 bits per heavy atom. The minimum absolute atomic E-state index is 0.00874. The largest absolute Gasteiger partial charge is 0.480 e. The molecule has 4 aliphatic rings. The highest BCUT2D eigenvalue weighted by atomic mass is 16.7. The number of carbonyl (C=O) groups is 5. The molecule has 0 radical (unpaired) electrons. The van der Waals surface area contributed by atoms with Crippen LogP contribution in [0.15, 0.2) is 36.0 Å². The lowest BCUT2D eigenvalue weighted by atomic mass is 9.81. The lowest BCUT2D eigenvalue weighted by molar-refractivity contribution is -0.302. The number of methoxy groups -OCH3 is 3. The Labute approximate surface area is 361 Å². The lowest BCUT2D eigenvalue weighted by Crippen LogP contribution is -2.64. The van der Waals surface area contributed by atoms with Crippen molar-refractivity contribution in [2.24, 2.45) is 29.6 Å². The van der Waals surface area contributed by atoms with Gasteiger partial charge in [0.2, 0.25) is 5.79 Å². The average Bonchev–Trinajstić information content (AvgIpc) is 3.23. The first kappa shape index (κ1) is 50.3. The van der Waals surface area contributed by atoms with Crippen LogP contribution < -0.4 is 0 Å². The number of cyclic esters (lactones) is 1. The number of rotatable bonds is 10. The highest BCUT2D eigenvalue weighted by Crippen LogP contribution is 2.39. The molecule has 2 saturated heterocycles. The summed E-state index contributed by atoms with van der Waals surface area (Å²) in [5, 5.41) is 33.0. The fourth-order valence-electron chi connectivity index (χ4n) is 9.78. The number of allylic oxidation sites excluding steroid dienone is 4. The van der Waals surface area contributed by atoms with Crippen molar-refractivity contribution in [1.82, 2.24) is 4.90 Å². The van der Waals surface area contributed by atoms with E-state index >= 15 is 0 Å². The SMILES string of the molecule is C=CC[C@@H]1C=C(C)C[C@H](C)C[C@H](OC)[C@H]2O[C@@](O)(C(=O)C(=O)N3CCCC[C@H]3C(=O)O[C@H](/C(C)=C/C3CC[C@@H](OCC(=O)O)[C@H](OC)C3)[C@H](C)[C@@H](O)CC1=O)[C@H](C)C[C@@H]2OC. The predicted molar refractivity (Wildman–Crippen MR) is 224 cm³/mol. The second-order valence-electron chi connectivity index (χ2n) is 17.9. The summed E-state index contributed by atoms with van der Waals surface area (Å²) in [5.41, 5.74) is 1.55. The summed E-state index contributed by atoms with van der Waals surface area (Å²) in [4.78, 5) is 69.3. The van der Waals surface area contributed by atoms with E-state index in [0.29, 0.717) is 56.9 Å². The van der Waals surface area contributed by atoms with E-state index in [4.69, 9.17) is 33.5 Å². The molecule has 0 aromatic heterocycles. The van der Waals surface area contributed by atoms with Gasteiger partial charge in [-0.05, 0) is 95.5 Å². The monoisotopic (exact) mass is 861 g/mol. The molecule has 3 N–H and O–H groups in total. The number of carboxylic acids is 1. The number of amides is 1. The van der Waals surface area contributed by atoms with E-state index in [1.807, 2.05) is 26.0 Å². The van der Waals surface area contributed by atoms with E-state index in [1.54, 1.807) is 26.8 Å².